The predicted octanol–water partition coefficient (Wildman–Crippen LogP) is 3.37. The summed E-state index contributed by atoms with van der Waals surface area (Å²) in [7, 11) is 0. The molecule has 2 N–H and O–H groups in total. The van der Waals surface area contributed by atoms with Crippen LogP contribution in [0.2, 0.25) is 0 Å². The van der Waals surface area contributed by atoms with Crippen LogP contribution in [0, 0.1) is 5.92 Å². The van der Waals surface area contributed by atoms with Crippen LogP contribution in [0.1, 0.15) is 38.1 Å². The SMILES string of the molecule is CC(C)NC(=O)C(NC(=O)c1ccc2nc(-n3cccc3)sc2c1)C(C)C. The summed E-state index contributed by atoms with van der Waals surface area (Å²) in [5, 5.41) is 6.58. The van der Waals surface area contributed by atoms with Crippen LogP contribution in [0.3, 0.4) is 0 Å². The topological polar surface area (TPSA) is 76.0 Å². The molecule has 6 nitrogen and oxygen atoms in total. The number of fused-ring (bicyclic) bond motifs is 1. The minimum Gasteiger partial charge on any atom is -0.352 e. The van der Waals surface area contributed by atoms with Crippen molar-refractivity contribution in [2.24, 2.45) is 5.92 Å². The minimum absolute atomic E-state index is 0.0137. The Hall–Kier alpha value is -2.67. The van der Waals surface area contributed by atoms with Crippen LogP contribution in [0.4, 0.5) is 0 Å². The molecule has 0 aliphatic heterocycles. The molecule has 2 amide bonds. The van der Waals surface area contributed by atoms with Gasteiger partial charge in [-0.05, 0) is 50.1 Å². The van der Waals surface area contributed by atoms with Crippen molar-refractivity contribution in [2.75, 3.05) is 0 Å². The molecule has 1 aromatic carbocycles. The maximum absolute atomic E-state index is 12.7. The zero-order valence-electron chi connectivity index (χ0n) is 15.9. The van der Waals surface area contributed by atoms with Crippen LogP contribution in [0.15, 0.2) is 42.7 Å². The summed E-state index contributed by atoms with van der Waals surface area (Å²) in [5.41, 5.74) is 1.37. The van der Waals surface area contributed by atoms with Crippen LogP contribution in [0.5, 0.6) is 0 Å². The third kappa shape index (κ3) is 4.36. The van der Waals surface area contributed by atoms with Crippen LogP contribution in [-0.4, -0.2) is 33.4 Å². The Morgan fingerprint density at radius 1 is 1.07 bits per heavy atom. The van der Waals surface area contributed by atoms with E-state index < -0.39 is 6.04 Å². The van der Waals surface area contributed by atoms with E-state index in [0.29, 0.717) is 5.56 Å². The van der Waals surface area contributed by atoms with Gasteiger partial charge < -0.3 is 15.2 Å². The second kappa shape index (κ2) is 7.92. The zero-order valence-corrected chi connectivity index (χ0v) is 16.7. The Morgan fingerprint density at radius 3 is 2.41 bits per heavy atom. The fourth-order valence-corrected chi connectivity index (χ4v) is 3.73. The third-order valence-corrected chi connectivity index (χ3v) is 5.16. The third-order valence-electron chi connectivity index (χ3n) is 4.13. The summed E-state index contributed by atoms with van der Waals surface area (Å²) < 4.78 is 2.87. The van der Waals surface area contributed by atoms with Gasteiger partial charge in [-0.15, -0.1) is 0 Å². The van der Waals surface area contributed by atoms with Crippen molar-refractivity contribution in [1.29, 1.82) is 0 Å². The van der Waals surface area contributed by atoms with Crippen LogP contribution in [-0.2, 0) is 4.79 Å². The number of benzene rings is 1. The lowest BCUT2D eigenvalue weighted by atomic mass is 10.0. The fourth-order valence-electron chi connectivity index (χ4n) is 2.76. The van der Waals surface area contributed by atoms with Crippen molar-refractivity contribution in [3.05, 3.63) is 48.3 Å². The lowest BCUT2D eigenvalue weighted by molar-refractivity contribution is -0.124. The number of hydrogen-bond acceptors (Lipinski definition) is 4. The number of rotatable bonds is 6. The highest BCUT2D eigenvalue weighted by atomic mass is 32.1. The van der Waals surface area contributed by atoms with Crippen molar-refractivity contribution in [1.82, 2.24) is 20.2 Å². The Bertz CT molecular complexity index is 944. The van der Waals surface area contributed by atoms with Gasteiger partial charge >= 0.3 is 0 Å². The molecule has 1 atom stereocenters. The lowest BCUT2D eigenvalue weighted by Crippen LogP contribution is -2.51. The van der Waals surface area contributed by atoms with Crippen molar-refractivity contribution >= 4 is 33.4 Å². The van der Waals surface area contributed by atoms with E-state index in [-0.39, 0.29) is 23.8 Å². The number of amides is 2. The molecular weight excluding hydrogens is 360 g/mol. The molecular formula is C20H24N4O2S. The molecule has 0 aliphatic rings. The number of nitrogens with zero attached hydrogens (tertiary/aromatic N) is 2. The van der Waals surface area contributed by atoms with E-state index in [0.717, 1.165) is 15.3 Å². The molecule has 7 heteroatoms. The number of aromatic nitrogens is 2. The lowest BCUT2D eigenvalue weighted by Gasteiger charge is -2.23. The number of thiazole rings is 1. The molecule has 2 heterocycles. The highest BCUT2D eigenvalue weighted by Crippen LogP contribution is 2.26. The molecule has 0 saturated heterocycles. The second-order valence-corrected chi connectivity index (χ2v) is 8.14. The average molecular weight is 385 g/mol. The molecule has 0 saturated carbocycles. The normalized spacial score (nSPS) is 12.5. The molecule has 0 fully saturated rings. The maximum Gasteiger partial charge on any atom is 0.251 e. The largest absolute Gasteiger partial charge is 0.352 e. The smallest absolute Gasteiger partial charge is 0.251 e. The molecule has 27 heavy (non-hydrogen) atoms. The Morgan fingerprint density at radius 2 is 1.78 bits per heavy atom. The molecule has 2 aromatic heterocycles. The van der Waals surface area contributed by atoms with Crippen molar-refractivity contribution in [2.45, 2.75) is 39.8 Å². The molecule has 142 valence electrons. The van der Waals surface area contributed by atoms with Crippen LogP contribution >= 0.6 is 11.3 Å². The molecule has 0 spiro atoms. The van der Waals surface area contributed by atoms with Gasteiger partial charge in [0.25, 0.3) is 5.91 Å². The van der Waals surface area contributed by atoms with Gasteiger partial charge in [-0.2, -0.15) is 0 Å². The first-order valence-electron chi connectivity index (χ1n) is 9.00. The van der Waals surface area contributed by atoms with E-state index in [1.54, 1.807) is 6.07 Å². The first-order valence-corrected chi connectivity index (χ1v) is 9.82. The van der Waals surface area contributed by atoms with Gasteiger partial charge in [0.2, 0.25) is 5.91 Å². The van der Waals surface area contributed by atoms with Crippen molar-refractivity contribution in [3.8, 4) is 5.13 Å². The molecule has 0 radical (unpaired) electrons. The number of carbonyl (C=O) groups excluding carboxylic acids is 2. The van der Waals surface area contributed by atoms with E-state index in [4.69, 9.17) is 0 Å². The summed E-state index contributed by atoms with van der Waals surface area (Å²) in [5.74, 6) is -0.437. The number of hydrogen-bond donors (Lipinski definition) is 2. The van der Waals surface area contributed by atoms with Crippen molar-refractivity contribution < 1.29 is 9.59 Å². The predicted molar refractivity (Wildman–Crippen MR) is 108 cm³/mol. The van der Waals surface area contributed by atoms with Crippen LogP contribution < -0.4 is 10.6 Å². The Kier molecular flexibility index (Phi) is 5.60. The summed E-state index contributed by atoms with van der Waals surface area (Å²) in [6, 6.07) is 8.75. The Labute approximate surface area is 162 Å². The first-order chi connectivity index (χ1) is 12.8. The number of nitrogens with one attached hydrogen (secondary N) is 2. The molecule has 1 unspecified atom stereocenters. The summed E-state index contributed by atoms with van der Waals surface area (Å²) in [6.07, 6.45) is 3.87. The van der Waals surface area contributed by atoms with E-state index in [1.165, 1.54) is 11.3 Å². The summed E-state index contributed by atoms with van der Waals surface area (Å²) >= 11 is 1.52. The first kappa shape index (κ1) is 19.1. The zero-order chi connectivity index (χ0) is 19.6. The van der Waals surface area contributed by atoms with E-state index >= 15 is 0 Å². The van der Waals surface area contributed by atoms with Gasteiger partial charge in [-0.3, -0.25) is 9.59 Å². The van der Waals surface area contributed by atoms with E-state index in [2.05, 4.69) is 15.6 Å². The number of carbonyl (C=O) groups is 2. The summed E-state index contributed by atoms with van der Waals surface area (Å²) in [4.78, 5) is 29.7. The van der Waals surface area contributed by atoms with Gasteiger partial charge in [0.05, 0.1) is 10.2 Å². The molecule has 3 aromatic rings. The highest BCUT2D eigenvalue weighted by Gasteiger charge is 2.25. The molecule has 0 aliphatic carbocycles. The van der Waals surface area contributed by atoms with Crippen molar-refractivity contribution in [3.63, 3.8) is 0 Å². The van der Waals surface area contributed by atoms with Gasteiger partial charge in [-0.1, -0.05) is 25.2 Å². The van der Waals surface area contributed by atoms with Gasteiger partial charge in [-0.25, -0.2) is 4.98 Å². The van der Waals surface area contributed by atoms with E-state index in [1.807, 2.05) is 68.9 Å². The monoisotopic (exact) mass is 384 g/mol. The van der Waals surface area contributed by atoms with E-state index in [9.17, 15) is 9.59 Å². The summed E-state index contributed by atoms with van der Waals surface area (Å²) in [6.45, 7) is 7.63. The van der Waals surface area contributed by atoms with Gasteiger partial charge in [0, 0.05) is 24.0 Å². The molecule has 0 bridgehead atoms. The standard InChI is InChI=1S/C20H24N4O2S/c1-12(2)17(19(26)21-13(3)4)23-18(25)14-7-8-15-16(11-14)27-20(22-15)24-9-5-6-10-24/h5-13,17H,1-4H3,(H,21,26)(H,23,25). The Balaban J connectivity index is 1.81. The maximum atomic E-state index is 12.7. The van der Waals surface area contributed by atoms with Crippen LogP contribution in [0.25, 0.3) is 15.3 Å². The minimum atomic E-state index is -0.576. The second-order valence-electron chi connectivity index (χ2n) is 7.13. The molecule has 3 rings (SSSR count). The van der Waals surface area contributed by atoms with Gasteiger partial charge in [0.1, 0.15) is 6.04 Å². The fraction of sp³-hybridized carbons (Fsp3) is 0.350. The average Bonchev–Trinajstić information content (AvgIpc) is 3.26. The highest BCUT2D eigenvalue weighted by molar-refractivity contribution is 7.20. The van der Waals surface area contributed by atoms with Gasteiger partial charge in [0.15, 0.2) is 5.13 Å². The quantitative estimate of drug-likeness (QED) is 0.684.